The highest BCUT2D eigenvalue weighted by molar-refractivity contribution is 7.23. The molecule has 0 bridgehead atoms. The number of hydrogen-bond donors (Lipinski definition) is 2. The van der Waals surface area contributed by atoms with E-state index >= 15 is 4.39 Å². The topological polar surface area (TPSA) is 133 Å². The van der Waals surface area contributed by atoms with Gasteiger partial charge in [-0.05, 0) is 43.4 Å². The fourth-order valence-electron chi connectivity index (χ4n) is 6.14. The molecule has 6 rings (SSSR count). The molecule has 0 amide bonds. The van der Waals surface area contributed by atoms with Crippen LogP contribution < -0.4 is 25.4 Å². The molecular weight excluding hydrogens is 620 g/mol. The first-order valence-corrected chi connectivity index (χ1v) is 15.8. The number of nitriles is 2. The van der Waals surface area contributed by atoms with Crippen LogP contribution in [-0.4, -0.2) is 49.4 Å². The third kappa shape index (κ3) is 5.59. The molecule has 1 saturated heterocycles. The molecule has 1 unspecified atom stereocenters. The van der Waals surface area contributed by atoms with Crippen LogP contribution in [0.4, 0.5) is 19.6 Å². The Labute approximate surface area is 267 Å². The number of ether oxygens (including phenoxy) is 2. The molecule has 0 aliphatic carbocycles. The highest BCUT2D eigenvalue weighted by Gasteiger charge is 2.32. The van der Waals surface area contributed by atoms with Gasteiger partial charge in [-0.25, -0.2) is 8.78 Å². The smallest absolute Gasteiger partial charge is 0.319 e. The van der Waals surface area contributed by atoms with Gasteiger partial charge < -0.3 is 25.4 Å². The molecule has 0 spiro atoms. The van der Waals surface area contributed by atoms with E-state index in [1.165, 1.54) is 12.1 Å². The van der Waals surface area contributed by atoms with E-state index in [0.29, 0.717) is 18.8 Å². The van der Waals surface area contributed by atoms with Crippen LogP contribution in [0.2, 0.25) is 5.02 Å². The number of halogens is 3. The van der Waals surface area contributed by atoms with Crippen LogP contribution in [0.1, 0.15) is 37.7 Å². The molecule has 13 heteroatoms. The molecule has 45 heavy (non-hydrogen) atoms. The Morgan fingerprint density at radius 2 is 2.09 bits per heavy atom. The lowest BCUT2D eigenvalue weighted by Gasteiger charge is -2.32. The lowest BCUT2D eigenvalue weighted by Crippen LogP contribution is -2.35. The number of anilines is 2. The zero-order valence-electron chi connectivity index (χ0n) is 24.6. The molecule has 2 aromatic carbocycles. The molecule has 2 aliphatic rings. The van der Waals surface area contributed by atoms with E-state index in [1.54, 1.807) is 7.05 Å². The van der Waals surface area contributed by atoms with Gasteiger partial charge in [0.25, 0.3) is 0 Å². The second-order valence-electron chi connectivity index (χ2n) is 11.4. The Morgan fingerprint density at radius 1 is 1.27 bits per heavy atom. The van der Waals surface area contributed by atoms with Crippen molar-refractivity contribution in [2.75, 3.05) is 44.0 Å². The zero-order chi connectivity index (χ0) is 31.8. The van der Waals surface area contributed by atoms with E-state index in [0.717, 1.165) is 49.3 Å². The van der Waals surface area contributed by atoms with Crippen molar-refractivity contribution in [1.29, 1.82) is 10.5 Å². The van der Waals surface area contributed by atoms with Crippen LogP contribution in [0.25, 0.3) is 32.1 Å². The fraction of sp³-hybridized carbons (Fsp3) is 0.375. The third-order valence-corrected chi connectivity index (χ3v) is 9.80. The van der Waals surface area contributed by atoms with Crippen LogP contribution >= 0.6 is 22.9 Å². The van der Waals surface area contributed by atoms with E-state index < -0.39 is 11.6 Å². The van der Waals surface area contributed by atoms with Crippen LogP contribution in [0, 0.1) is 40.2 Å². The maximum absolute atomic E-state index is 17.0. The highest BCUT2D eigenvalue weighted by atomic mass is 35.5. The van der Waals surface area contributed by atoms with Gasteiger partial charge in [-0.2, -0.15) is 20.5 Å². The third-order valence-electron chi connectivity index (χ3n) is 8.41. The Bertz CT molecular complexity index is 1920. The number of rotatable bonds is 5. The average molecular weight is 650 g/mol. The van der Waals surface area contributed by atoms with Gasteiger partial charge in [0.2, 0.25) is 0 Å². The lowest BCUT2D eigenvalue weighted by molar-refractivity contribution is 0.218. The maximum atomic E-state index is 17.0. The van der Waals surface area contributed by atoms with Crippen LogP contribution in [0.15, 0.2) is 24.3 Å². The Kier molecular flexibility index (Phi) is 8.65. The van der Waals surface area contributed by atoms with Crippen molar-refractivity contribution in [1.82, 2.24) is 15.3 Å². The molecule has 4 aromatic rings. The molecule has 0 saturated carbocycles. The van der Waals surface area contributed by atoms with E-state index in [-0.39, 0.29) is 84.5 Å². The van der Waals surface area contributed by atoms with Gasteiger partial charge in [-0.3, -0.25) is 0 Å². The molecule has 0 radical (unpaired) electrons. The highest BCUT2D eigenvalue weighted by Crippen LogP contribution is 2.50. The predicted octanol–water partition coefficient (Wildman–Crippen LogP) is 6.72. The van der Waals surface area contributed by atoms with Crippen LogP contribution in [0.5, 0.6) is 11.8 Å². The summed E-state index contributed by atoms with van der Waals surface area (Å²) in [6, 6.07) is 6.48. The number of nitrogen functional groups attached to an aromatic ring is 1. The second kappa shape index (κ2) is 12.6. The van der Waals surface area contributed by atoms with Crippen molar-refractivity contribution in [3.63, 3.8) is 0 Å². The summed E-state index contributed by atoms with van der Waals surface area (Å²) < 4.78 is 44.3. The number of hydrogen-bond acceptors (Lipinski definition) is 10. The predicted molar refractivity (Wildman–Crippen MR) is 172 cm³/mol. The number of benzene rings is 2. The van der Waals surface area contributed by atoms with Gasteiger partial charge in [0.15, 0.2) is 11.6 Å². The number of aromatic nitrogens is 2. The first-order valence-electron chi connectivity index (χ1n) is 14.6. The van der Waals surface area contributed by atoms with Crippen molar-refractivity contribution in [2.45, 2.75) is 38.1 Å². The summed E-state index contributed by atoms with van der Waals surface area (Å²) >= 11 is 7.86. The Balaban J connectivity index is 1.57. The molecule has 2 atom stereocenters. The standard InChI is InChI=1S/C32H30ClF2N7O2S/c1-16-12-17(4-3-10-39-14-16)15-44-32-40-27-24-28(43-11-8-18(7-9-36)42(2)31(24)41-32)25(33)23(26(27)35)19-5-6-21(34)29-22(19)20(13-37)30(38)45-29/h5-6,17-18,39H,1,3-4,7-8,10-12,14-15,38H2,2H3/t17-,18?/m1/s1. The van der Waals surface area contributed by atoms with Crippen molar-refractivity contribution in [2.24, 2.45) is 5.92 Å². The molecule has 4 heterocycles. The first-order chi connectivity index (χ1) is 21.7. The van der Waals surface area contributed by atoms with Gasteiger partial charge in [-0.15, -0.1) is 11.3 Å². The van der Waals surface area contributed by atoms with Crippen LogP contribution in [0.3, 0.4) is 0 Å². The van der Waals surface area contributed by atoms with E-state index in [9.17, 15) is 14.9 Å². The van der Waals surface area contributed by atoms with Crippen molar-refractivity contribution in [3.8, 4) is 35.0 Å². The molecule has 3 N–H and O–H groups in total. The maximum Gasteiger partial charge on any atom is 0.319 e. The number of nitrogens with two attached hydrogens (primary N) is 1. The summed E-state index contributed by atoms with van der Waals surface area (Å²) in [5.74, 6) is -0.766. The van der Waals surface area contributed by atoms with Crippen molar-refractivity contribution >= 4 is 54.7 Å². The molecule has 2 aliphatic heterocycles. The summed E-state index contributed by atoms with van der Waals surface area (Å²) in [5, 5.41) is 23.2. The minimum absolute atomic E-state index is 0.0334. The first kappa shape index (κ1) is 30.8. The SMILES string of the molecule is C=C1CNCCC[C@@H](COc2nc3c4c(c(Cl)c(-c5ccc(F)c6sc(N)c(C#N)c56)c(F)c4n2)OCCC(CC#N)N3C)C1. The van der Waals surface area contributed by atoms with E-state index in [1.807, 2.05) is 11.0 Å². The van der Waals surface area contributed by atoms with Gasteiger partial charge in [0.05, 0.1) is 46.4 Å². The zero-order valence-corrected chi connectivity index (χ0v) is 26.1. The molecule has 1 fully saturated rings. The monoisotopic (exact) mass is 649 g/mol. The normalized spacial score (nSPS) is 18.8. The number of fused-ring (bicyclic) bond motifs is 1. The number of nitrogens with one attached hydrogen (secondary N) is 1. The van der Waals surface area contributed by atoms with Gasteiger partial charge >= 0.3 is 6.01 Å². The Morgan fingerprint density at radius 3 is 2.87 bits per heavy atom. The summed E-state index contributed by atoms with van der Waals surface area (Å²) in [7, 11) is 1.78. The van der Waals surface area contributed by atoms with E-state index in [4.69, 9.17) is 31.8 Å². The second-order valence-corrected chi connectivity index (χ2v) is 12.8. The minimum Gasteiger partial charge on any atom is -0.491 e. The minimum atomic E-state index is -0.811. The Hall–Kier alpha value is -4.23. The van der Waals surface area contributed by atoms with Crippen molar-refractivity contribution < 1.29 is 18.3 Å². The summed E-state index contributed by atoms with van der Waals surface area (Å²) in [5.41, 5.74) is 7.15. The molecule has 9 nitrogen and oxygen atoms in total. The summed E-state index contributed by atoms with van der Waals surface area (Å²) in [6.07, 6.45) is 3.31. The van der Waals surface area contributed by atoms with Gasteiger partial charge in [0, 0.05) is 37.0 Å². The van der Waals surface area contributed by atoms with Crippen LogP contribution in [-0.2, 0) is 0 Å². The number of nitrogens with zero attached hydrogens (tertiary/aromatic N) is 5. The molecule has 232 valence electrons. The largest absolute Gasteiger partial charge is 0.491 e. The quantitative estimate of drug-likeness (QED) is 0.226. The molecular formula is C32H30ClF2N7O2S. The van der Waals surface area contributed by atoms with Crippen molar-refractivity contribution in [3.05, 3.63) is 46.5 Å². The summed E-state index contributed by atoms with van der Waals surface area (Å²) in [4.78, 5) is 11.1. The van der Waals surface area contributed by atoms with Gasteiger partial charge in [-0.1, -0.05) is 29.8 Å². The summed E-state index contributed by atoms with van der Waals surface area (Å²) in [6.45, 7) is 6.27. The van der Waals surface area contributed by atoms with E-state index in [2.05, 4.69) is 22.9 Å². The lowest BCUT2D eigenvalue weighted by atomic mass is 9.94. The number of thiophene rings is 1. The average Bonchev–Trinajstić information content (AvgIpc) is 3.35. The molecule has 2 aromatic heterocycles. The van der Waals surface area contributed by atoms with Gasteiger partial charge in [0.1, 0.15) is 28.2 Å². The fourth-order valence-corrected chi connectivity index (χ4v) is 7.42.